The summed E-state index contributed by atoms with van der Waals surface area (Å²) >= 11 is 0. The van der Waals surface area contributed by atoms with Gasteiger partial charge < -0.3 is 9.40 Å². The van der Waals surface area contributed by atoms with Crippen LogP contribution in [0.4, 0.5) is 0 Å². The fraction of sp³-hybridized carbons (Fsp3) is 0.0833. The number of fused-ring (bicyclic) bond motifs is 1. The molecule has 1 N–H and O–H groups in total. The minimum absolute atomic E-state index is 0.0112. The van der Waals surface area contributed by atoms with Gasteiger partial charge in [0.1, 0.15) is 11.5 Å². The highest BCUT2D eigenvalue weighted by Gasteiger charge is 2.20. The number of rotatable bonds is 5. The van der Waals surface area contributed by atoms with Crippen LogP contribution in [0, 0.1) is 0 Å². The summed E-state index contributed by atoms with van der Waals surface area (Å²) in [6.07, 6.45) is 3.58. The van der Waals surface area contributed by atoms with E-state index in [4.69, 9.17) is 11.3 Å². The van der Waals surface area contributed by atoms with Crippen molar-refractivity contribution in [1.29, 1.82) is 0 Å². The van der Waals surface area contributed by atoms with Gasteiger partial charge in [0.2, 0.25) is 0 Å². The average Bonchev–Trinajstić information content (AvgIpc) is 3.46. The fourth-order valence-electron chi connectivity index (χ4n) is 3.31. The number of hydrogen-bond acceptors (Lipinski definition) is 3. The lowest BCUT2D eigenvalue weighted by molar-refractivity contribution is 0.519. The molecule has 0 saturated carbocycles. The Balaban J connectivity index is 1.75. The van der Waals surface area contributed by atoms with Gasteiger partial charge in [0.15, 0.2) is 5.82 Å². The molecule has 0 amide bonds. The second-order valence-electron chi connectivity index (χ2n) is 6.62. The smallest absolute Gasteiger partial charge is 0.278 e. The van der Waals surface area contributed by atoms with Gasteiger partial charge in [-0.3, -0.25) is 9.36 Å². The Hall–Kier alpha value is -3.86. The van der Waals surface area contributed by atoms with E-state index in [1.807, 2.05) is 30.3 Å². The monoisotopic (exact) mass is 386 g/mol. The van der Waals surface area contributed by atoms with Crippen molar-refractivity contribution < 1.29 is 11.3 Å². The molecule has 3 aromatic rings. The van der Waals surface area contributed by atoms with Crippen LogP contribution < -0.4 is 5.56 Å². The van der Waals surface area contributed by atoms with Gasteiger partial charge in [0.25, 0.3) is 5.56 Å². The van der Waals surface area contributed by atoms with Crippen molar-refractivity contribution in [2.75, 3.05) is 0 Å². The molecule has 0 spiro atoms. The van der Waals surface area contributed by atoms with Crippen molar-refractivity contribution in [3.63, 3.8) is 0 Å². The predicted octanol–water partition coefficient (Wildman–Crippen LogP) is 4.44. The van der Waals surface area contributed by atoms with Gasteiger partial charge in [-0.05, 0) is 23.3 Å². The topological polar surface area (TPSA) is 63.8 Å². The van der Waals surface area contributed by atoms with E-state index in [1.165, 1.54) is 17.0 Å². The lowest BCUT2D eigenvalue weighted by atomic mass is 10.1. The van der Waals surface area contributed by atoms with Gasteiger partial charge in [-0.2, -0.15) is 0 Å². The summed E-state index contributed by atoms with van der Waals surface area (Å²) < 4.78 is 47.4. The van der Waals surface area contributed by atoms with Gasteiger partial charge in [0.05, 0.1) is 30.9 Å². The summed E-state index contributed by atoms with van der Waals surface area (Å²) in [4.78, 5) is 21.0. The predicted molar refractivity (Wildman–Crippen MR) is 112 cm³/mol. The van der Waals surface area contributed by atoms with E-state index in [0.717, 1.165) is 5.56 Å². The number of hydrogen-bond donors (Lipinski definition) is 1. The molecular formula is C24H19N3O2. The number of H-pyrrole nitrogens is 1. The van der Waals surface area contributed by atoms with Gasteiger partial charge in [-0.1, -0.05) is 60.5 Å². The van der Waals surface area contributed by atoms with Crippen LogP contribution in [0.3, 0.4) is 0 Å². The number of nitrogens with zero attached hydrogens (tertiary/aromatic N) is 2. The average molecular weight is 386 g/mol. The molecule has 1 aromatic heterocycles. The Morgan fingerprint density at radius 3 is 2.62 bits per heavy atom. The standard InChI is InChI=1S/C24H19N3O2/c28-24-21(15-19-12-7-13-29-19)26-23-20(14-17-8-3-1-4-9-17)25-22(16-27(23)24)18-10-5-2-6-11-18/h1-13,16,25H,14-15H2/i2D,5D,6D,10D,11D. The first-order valence-corrected chi connectivity index (χ1v) is 9.12. The van der Waals surface area contributed by atoms with Crippen molar-refractivity contribution >= 4 is 0 Å². The van der Waals surface area contributed by atoms with Crippen LogP contribution in [0.25, 0.3) is 17.1 Å². The molecule has 29 heavy (non-hydrogen) atoms. The number of nitrogens with one attached hydrogen (secondary N) is 1. The van der Waals surface area contributed by atoms with E-state index in [1.54, 1.807) is 12.1 Å². The Labute approximate surface area is 174 Å². The summed E-state index contributed by atoms with van der Waals surface area (Å²) in [5.74, 6) is 1.01. The highest BCUT2D eigenvalue weighted by atomic mass is 16.3. The Morgan fingerprint density at radius 1 is 1.03 bits per heavy atom. The molecule has 2 aromatic carbocycles. The van der Waals surface area contributed by atoms with Crippen molar-refractivity contribution in [2.45, 2.75) is 12.8 Å². The van der Waals surface area contributed by atoms with E-state index in [-0.39, 0.29) is 41.0 Å². The molecule has 0 atom stereocenters. The number of imidazole rings is 1. The largest absolute Gasteiger partial charge is 0.469 e. The van der Waals surface area contributed by atoms with Crippen LogP contribution in [0.5, 0.6) is 0 Å². The molecule has 2 aliphatic heterocycles. The highest BCUT2D eigenvalue weighted by Crippen LogP contribution is 2.23. The zero-order chi connectivity index (χ0) is 24.0. The van der Waals surface area contributed by atoms with Crippen LogP contribution in [-0.4, -0.2) is 14.5 Å². The van der Waals surface area contributed by atoms with Crippen molar-refractivity contribution in [3.8, 4) is 17.1 Å². The maximum absolute atomic E-state index is 13.2. The molecule has 3 heterocycles. The minimum atomic E-state index is -0.475. The number of aromatic amines is 1. The summed E-state index contributed by atoms with van der Waals surface area (Å²) in [5.41, 5.74) is 1.69. The maximum Gasteiger partial charge on any atom is 0.278 e. The minimum Gasteiger partial charge on any atom is -0.469 e. The Bertz CT molecular complexity index is 1500. The summed E-state index contributed by atoms with van der Waals surface area (Å²) in [6, 6.07) is 11.0. The number of benzene rings is 2. The fourth-order valence-corrected chi connectivity index (χ4v) is 3.31. The summed E-state index contributed by atoms with van der Waals surface area (Å²) in [6.45, 7) is 0. The number of furan rings is 1. The molecule has 0 saturated heterocycles. The third-order valence-electron chi connectivity index (χ3n) is 4.66. The van der Waals surface area contributed by atoms with Crippen molar-refractivity contribution in [1.82, 2.24) is 14.5 Å². The second kappa shape index (κ2) is 7.28. The van der Waals surface area contributed by atoms with Crippen LogP contribution in [0.2, 0.25) is 0 Å². The maximum atomic E-state index is 13.2. The van der Waals surface area contributed by atoms with Crippen molar-refractivity contribution in [3.05, 3.63) is 118 Å². The molecule has 142 valence electrons. The molecule has 5 rings (SSSR count). The molecular weight excluding hydrogens is 362 g/mol. The first kappa shape index (κ1) is 12.6. The first-order valence-electron chi connectivity index (χ1n) is 11.6. The van der Waals surface area contributed by atoms with Crippen LogP contribution in [0.1, 0.15) is 29.6 Å². The van der Waals surface area contributed by atoms with Gasteiger partial charge in [0, 0.05) is 12.6 Å². The summed E-state index contributed by atoms with van der Waals surface area (Å²) in [7, 11) is 0. The molecule has 5 nitrogen and oxygen atoms in total. The third-order valence-corrected chi connectivity index (χ3v) is 4.66. The Morgan fingerprint density at radius 2 is 1.86 bits per heavy atom. The molecule has 0 fully saturated rings. The molecule has 5 heteroatoms. The van der Waals surface area contributed by atoms with Crippen LogP contribution >= 0.6 is 0 Å². The SMILES string of the molecule is [2H]c1c([2H])c([2H])c(-c2cn3c(=O)c(Cc4ccco4)nc-3c(Cc3ccccc3)[nH]2)c([2H])c1[2H]. The van der Waals surface area contributed by atoms with E-state index in [0.29, 0.717) is 23.7 Å². The molecule has 0 aliphatic carbocycles. The third kappa shape index (κ3) is 3.38. The van der Waals surface area contributed by atoms with E-state index in [2.05, 4.69) is 9.97 Å². The second-order valence-corrected chi connectivity index (χ2v) is 6.62. The van der Waals surface area contributed by atoms with E-state index < -0.39 is 18.1 Å². The van der Waals surface area contributed by atoms with Gasteiger partial charge >= 0.3 is 0 Å². The van der Waals surface area contributed by atoms with Crippen LogP contribution in [-0.2, 0) is 12.8 Å². The van der Waals surface area contributed by atoms with Gasteiger partial charge in [-0.25, -0.2) is 4.98 Å². The lowest BCUT2D eigenvalue weighted by Crippen LogP contribution is -2.17. The Kier molecular flexibility index (Phi) is 3.15. The highest BCUT2D eigenvalue weighted by molar-refractivity contribution is 5.60. The lowest BCUT2D eigenvalue weighted by Gasteiger charge is -2.13. The normalized spacial score (nSPS) is 13.6. The zero-order valence-corrected chi connectivity index (χ0v) is 15.3. The molecule has 0 bridgehead atoms. The zero-order valence-electron chi connectivity index (χ0n) is 20.3. The molecule has 0 radical (unpaired) electrons. The molecule has 0 unspecified atom stereocenters. The van der Waals surface area contributed by atoms with Gasteiger partial charge in [-0.15, -0.1) is 0 Å². The summed E-state index contributed by atoms with van der Waals surface area (Å²) in [5, 5.41) is 0. The van der Waals surface area contributed by atoms with Crippen LogP contribution in [0.15, 0.2) is 94.3 Å². The first-order chi connectivity index (χ1) is 16.3. The van der Waals surface area contributed by atoms with E-state index >= 15 is 0 Å². The van der Waals surface area contributed by atoms with E-state index in [9.17, 15) is 4.79 Å². The molecule has 2 aliphatic rings. The van der Waals surface area contributed by atoms with Crippen molar-refractivity contribution in [2.24, 2.45) is 0 Å². The number of aromatic nitrogens is 3. The quantitative estimate of drug-likeness (QED) is 0.486.